The molecule has 1 aliphatic rings. The molecular weight excluding hydrogens is 200 g/mol. The van der Waals surface area contributed by atoms with Crippen molar-refractivity contribution in [3.8, 4) is 0 Å². The first-order chi connectivity index (χ1) is 7.78. The number of hydrogen-bond donors (Lipinski definition) is 1. The van der Waals surface area contributed by atoms with Crippen molar-refractivity contribution < 1.29 is 4.74 Å². The summed E-state index contributed by atoms with van der Waals surface area (Å²) in [5.74, 6) is 0. The van der Waals surface area contributed by atoms with Gasteiger partial charge in [0, 0.05) is 19.5 Å². The van der Waals surface area contributed by atoms with Gasteiger partial charge < -0.3 is 10.5 Å². The molecule has 2 rings (SSSR count). The molecule has 2 N–H and O–H groups in total. The molecule has 0 spiro atoms. The topological polar surface area (TPSA) is 48.1 Å². The summed E-state index contributed by atoms with van der Waals surface area (Å²) in [6.07, 6.45) is 9.45. The maximum absolute atomic E-state index is 6.35. The lowest BCUT2D eigenvalue weighted by Gasteiger charge is -2.40. The number of hydrogen-bond acceptors (Lipinski definition) is 3. The van der Waals surface area contributed by atoms with Crippen LogP contribution in [0.4, 0.5) is 0 Å². The number of nitrogens with two attached hydrogens (primary N) is 1. The third kappa shape index (κ3) is 2.11. The lowest BCUT2D eigenvalue weighted by atomic mass is 9.77. The van der Waals surface area contributed by atoms with Gasteiger partial charge in [0.15, 0.2) is 0 Å². The Morgan fingerprint density at radius 1 is 1.38 bits per heavy atom. The van der Waals surface area contributed by atoms with Gasteiger partial charge in [-0.05, 0) is 24.5 Å². The Morgan fingerprint density at radius 3 is 2.69 bits per heavy atom. The molecule has 1 aromatic rings. The Hall–Kier alpha value is -0.930. The van der Waals surface area contributed by atoms with Crippen molar-refractivity contribution in [1.29, 1.82) is 0 Å². The van der Waals surface area contributed by atoms with E-state index < -0.39 is 0 Å². The predicted molar refractivity (Wildman–Crippen MR) is 64.0 cm³/mol. The minimum Gasteiger partial charge on any atom is -0.376 e. The van der Waals surface area contributed by atoms with Gasteiger partial charge in [0.05, 0.1) is 11.6 Å². The van der Waals surface area contributed by atoms with E-state index >= 15 is 0 Å². The van der Waals surface area contributed by atoms with Crippen LogP contribution in [0.3, 0.4) is 0 Å². The average molecular weight is 220 g/mol. The number of ether oxygens (including phenoxy) is 1. The fourth-order valence-corrected chi connectivity index (χ4v) is 2.66. The van der Waals surface area contributed by atoms with Crippen LogP contribution in [0, 0.1) is 0 Å². The van der Waals surface area contributed by atoms with Crippen molar-refractivity contribution in [2.45, 2.75) is 43.7 Å². The van der Waals surface area contributed by atoms with E-state index in [0.717, 1.165) is 18.4 Å². The van der Waals surface area contributed by atoms with Gasteiger partial charge in [-0.25, -0.2) is 0 Å². The molecule has 0 aliphatic heterocycles. The minimum atomic E-state index is -0.179. The highest BCUT2D eigenvalue weighted by Crippen LogP contribution is 2.39. The van der Waals surface area contributed by atoms with Gasteiger partial charge in [-0.15, -0.1) is 0 Å². The zero-order valence-electron chi connectivity index (χ0n) is 9.86. The standard InChI is InChI=1S/C13H20N2O/c1-16-13(7-3-2-4-8-13)12(14)11-6-5-9-15-10-11/h5-6,9-10,12H,2-4,7-8,14H2,1H3. The lowest BCUT2D eigenvalue weighted by molar-refractivity contribution is -0.0596. The van der Waals surface area contributed by atoms with E-state index in [1.54, 1.807) is 13.3 Å². The minimum absolute atomic E-state index is 0.0634. The molecule has 0 bridgehead atoms. The van der Waals surface area contributed by atoms with Gasteiger partial charge in [0.2, 0.25) is 0 Å². The van der Waals surface area contributed by atoms with Crippen molar-refractivity contribution in [2.24, 2.45) is 5.73 Å². The number of pyridine rings is 1. The SMILES string of the molecule is COC1(C(N)c2cccnc2)CCCCC1. The summed E-state index contributed by atoms with van der Waals surface area (Å²) < 4.78 is 5.74. The van der Waals surface area contributed by atoms with E-state index in [9.17, 15) is 0 Å². The normalized spacial score (nSPS) is 21.6. The molecule has 0 saturated heterocycles. The third-order valence-electron chi connectivity index (χ3n) is 3.72. The van der Waals surface area contributed by atoms with Gasteiger partial charge in [-0.3, -0.25) is 4.98 Å². The van der Waals surface area contributed by atoms with E-state index in [1.165, 1.54) is 19.3 Å². The van der Waals surface area contributed by atoms with Crippen LogP contribution in [0.25, 0.3) is 0 Å². The largest absolute Gasteiger partial charge is 0.376 e. The average Bonchev–Trinajstić information content (AvgIpc) is 2.39. The Balaban J connectivity index is 2.20. The van der Waals surface area contributed by atoms with Crippen molar-refractivity contribution in [3.05, 3.63) is 30.1 Å². The zero-order chi connectivity index (χ0) is 11.4. The van der Waals surface area contributed by atoms with E-state index in [1.807, 2.05) is 18.3 Å². The molecule has 3 nitrogen and oxygen atoms in total. The number of rotatable bonds is 3. The molecule has 0 radical (unpaired) electrons. The second-order valence-corrected chi connectivity index (χ2v) is 4.59. The molecule has 1 aromatic heterocycles. The molecule has 1 heterocycles. The second-order valence-electron chi connectivity index (χ2n) is 4.59. The zero-order valence-corrected chi connectivity index (χ0v) is 9.86. The molecule has 1 aliphatic carbocycles. The molecule has 1 unspecified atom stereocenters. The summed E-state index contributed by atoms with van der Waals surface area (Å²) in [5, 5.41) is 0. The summed E-state index contributed by atoms with van der Waals surface area (Å²) in [6.45, 7) is 0. The smallest absolute Gasteiger partial charge is 0.0870 e. The third-order valence-corrected chi connectivity index (χ3v) is 3.72. The lowest BCUT2D eigenvalue weighted by Crippen LogP contribution is -2.44. The quantitative estimate of drug-likeness (QED) is 0.851. The summed E-state index contributed by atoms with van der Waals surface area (Å²) in [4.78, 5) is 4.13. The highest BCUT2D eigenvalue weighted by atomic mass is 16.5. The Labute approximate surface area is 97.0 Å². The predicted octanol–water partition coefficient (Wildman–Crippen LogP) is 2.43. The molecule has 88 valence electrons. The number of nitrogens with zero attached hydrogens (tertiary/aromatic N) is 1. The first-order valence-corrected chi connectivity index (χ1v) is 5.99. The second kappa shape index (κ2) is 4.93. The maximum Gasteiger partial charge on any atom is 0.0870 e. The molecule has 3 heteroatoms. The Bertz CT molecular complexity index is 320. The van der Waals surface area contributed by atoms with Gasteiger partial charge in [-0.2, -0.15) is 0 Å². The van der Waals surface area contributed by atoms with E-state index in [4.69, 9.17) is 10.5 Å². The number of methoxy groups -OCH3 is 1. The summed E-state index contributed by atoms with van der Waals surface area (Å²) in [7, 11) is 1.78. The van der Waals surface area contributed by atoms with Crippen LogP contribution >= 0.6 is 0 Å². The molecule has 0 amide bonds. The van der Waals surface area contributed by atoms with Gasteiger partial charge in [0.1, 0.15) is 0 Å². The van der Waals surface area contributed by atoms with Crippen molar-refractivity contribution >= 4 is 0 Å². The maximum atomic E-state index is 6.35. The summed E-state index contributed by atoms with van der Waals surface area (Å²) >= 11 is 0. The van der Waals surface area contributed by atoms with Crippen LogP contribution in [0.1, 0.15) is 43.7 Å². The monoisotopic (exact) mass is 220 g/mol. The summed E-state index contributed by atoms with van der Waals surface area (Å²) in [6, 6.07) is 3.90. The Morgan fingerprint density at radius 2 is 2.12 bits per heavy atom. The van der Waals surface area contributed by atoms with Crippen LogP contribution in [-0.2, 0) is 4.74 Å². The van der Waals surface area contributed by atoms with Crippen molar-refractivity contribution in [3.63, 3.8) is 0 Å². The van der Waals surface area contributed by atoms with E-state index in [0.29, 0.717) is 0 Å². The highest BCUT2D eigenvalue weighted by Gasteiger charge is 2.38. The molecule has 1 atom stereocenters. The molecule has 1 saturated carbocycles. The first kappa shape index (κ1) is 11.6. The van der Waals surface area contributed by atoms with Crippen molar-refractivity contribution in [2.75, 3.05) is 7.11 Å². The van der Waals surface area contributed by atoms with Crippen LogP contribution in [0.15, 0.2) is 24.5 Å². The van der Waals surface area contributed by atoms with Gasteiger partial charge in [-0.1, -0.05) is 25.3 Å². The van der Waals surface area contributed by atoms with E-state index in [-0.39, 0.29) is 11.6 Å². The van der Waals surface area contributed by atoms with Crippen molar-refractivity contribution in [1.82, 2.24) is 4.98 Å². The fourth-order valence-electron chi connectivity index (χ4n) is 2.66. The molecular formula is C13H20N2O. The van der Waals surface area contributed by atoms with Gasteiger partial charge in [0.25, 0.3) is 0 Å². The highest BCUT2D eigenvalue weighted by molar-refractivity contribution is 5.18. The molecule has 1 fully saturated rings. The molecule has 16 heavy (non-hydrogen) atoms. The van der Waals surface area contributed by atoms with E-state index in [2.05, 4.69) is 4.98 Å². The Kier molecular flexibility index (Phi) is 3.56. The first-order valence-electron chi connectivity index (χ1n) is 5.99. The fraction of sp³-hybridized carbons (Fsp3) is 0.615. The van der Waals surface area contributed by atoms with Gasteiger partial charge >= 0.3 is 0 Å². The summed E-state index contributed by atoms with van der Waals surface area (Å²) in [5.41, 5.74) is 7.25. The van der Waals surface area contributed by atoms with Crippen LogP contribution in [0.2, 0.25) is 0 Å². The van der Waals surface area contributed by atoms with Crippen LogP contribution < -0.4 is 5.73 Å². The van der Waals surface area contributed by atoms with Crippen LogP contribution in [-0.4, -0.2) is 17.7 Å². The number of aromatic nitrogens is 1. The van der Waals surface area contributed by atoms with Crippen LogP contribution in [0.5, 0.6) is 0 Å². The molecule has 0 aromatic carbocycles.